The molecule has 1 aromatic heterocycles. The molecule has 0 aliphatic rings. The van der Waals surface area contributed by atoms with Crippen LogP contribution in [0.15, 0.2) is 47.6 Å². The minimum Gasteiger partial charge on any atom is -0.325 e. The van der Waals surface area contributed by atoms with Crippen molar-refractivity contribution in [1.82, 2.24) is 14.8 Å². The molecule has 1 N–H and O–H groups in total. The Morgan fingerprint density at radius 2 is 1.89 bits per heavy atom. The molecule has 1 heterocycles. The molecule has 144 valence electrons. The van der Waals surface area contributed by atoms with Gasteiger partial charge in [0, 0.05) is 30.4 Å². The van der Waals surface area contributed by atoms with Crippen molar-refractivity contribution < 1.29 is 9.72 Å². The van der Waals surface area contributed by atoms with Crippen molar-refractivity contribution >= 4 is 29.0 Å². The van der Waals surface area contributed by atoms with E-state index in [2.05, 4.69) is 15.5 Å². The summed E-state index contributed by atoms with van der Waals surface area (Å²) >= 11 is 1.28. The number of rotatable bonds is 6. The second-order valence-corrected chi connectivity index (χ2v) is 7.27. The van der Waals surface area contributed by atoms with E-state index in [0.29, 0.717) is 16.5 Å². The molecule has 3 rings (SSSR count). The molecule has 0 spiro atoms. The third kappa shape index (κ3) is 4.37. The number of nitro groups is 1. The first-order valence-corrected chi connectivity index (χ1v) is 9.48. The quantitative estimate of drug-likeness (QED) is 0.386. The molecule has 0 saturated heterocycles. The molecule has 0 saturated carbocycles. The fourth-order valence-electron chi connectivity index (χ4n) is 2.61. The largest absolute Gasteiger partial charge is 0.325 e. The highest BCUT2D eigenvalue weighted by Gasteiger charge is 2.14. The Labute approximate surface area is 166 Å². The standard InChI is InChI=1S/C19H19N5O3S/c1-12-4-5-13(2)16(10-12)20-17(25)11-28-19-22-21-18(23(19)3)14-6-8-15(9-7-14)24(26)27/h4-10H,11H2,1-3H3,(H,20,25). The molecule has 0 aliphatic carbocycles. The van der Waals surface area contributed by atoms with E-state index >= 15 is 0 Å². The maximum Gasteiger partial charge on any atom is 0.269 e. The third-order valence-electron chi connectivity index (χ3n) is 4.17. The maximum atomic E-state index is 12.3. The summed E-state index contributed by atoms with van der Waals surface area (Å²) in [6.45, 7) is 3.92. The van der Waals surface area contributed by atoms with E-state index in [0.717, 1.165) is 16.8 Å². The topological polar surface area (TPSA) is 103 Å². The Bertz CT molecular complexity index is 1030. The number of carbonyl (C=O) groups excluding carboxylic acids is 1. The van der Waals surface area contributed by atoms with Gasteiger partial charge >= 0.3 is 0 Å². The maximum absolute atomic E-state index is 12.3. The molecule has 2 aromatic carbocycles. The van der Waals surface area contributed by atoms with Gasteiger partial charge in [-0.05, 0) is 43.2 Å². The number of hydrogen-bond acceptors (Lipinski definition) is 6. The number of nitro benzene ring substituents is 1. The van der Waals surface area contributed by atoms with Crippen LogP contribution < -0.4 is 5.32 Å². The van der Waals surface area contributed by atoms with Crippen LogP contribution in [-0.4, -0.2) is 31.3 Å². The number of non-ortho nitro benzene ring substituents is 1. The minimum atomic E-state index is -0.448. The number of anilines is 1. The highest BCUT2D eigenvalue weighted by Crippen LogP contribution is 2.25. The van der Waals surface area contributed by atoms with Gasteiger partial charge in [-0.3, -0.25) is 14.9 Å². The van der Waals surface area contributed by atoms with Gasteiger partial charge in [0.15, 0.2) is 11.0 Å². The molecule has 0 unspecified atom stereocenters. The Balaban J connectivity index is 1.66. The van der Waals surface area contributed by atoms with Gasteiger partial charge < -0.3 is 9.88 Å². The lowest BCUT2D eigenvalue weighted by Crippen LogP contribution is -2.15. The molecule has 0 bridgehead atoms. The van der Waals surface area contributed by atoms with Crippen LogP contribution in [-0.2, 0) is 11.8 Å². The lowest BCUT2D eigenvalue weighted by atomic mass is 10.1. The average molecular weight is 397 g/mol. The zero-order valence-corrected chi connectivity index (χ0v) is 16.5. The molecule has 28 heavy (non-hydrogen) atoms. The summed E-state index contributed by atoms with van der Waals surface area (Å²) in [5.41, 5.74) is 3.61. The number of benzene rings is 2. The van der Waals surface area contributed by atoms with Crippen molar-refractivity contribution in [2.45, 2.75) is 19.0 Å². The number of carbonyl (C=O) groups is 1. The molecule has 0 fully saturated rings. The predicted octanol–water partition coefficient (Wildman–Crippen LogP) is 3.74. The second kappa shape index (κ2) is 8.22. The Morgan fingerprint density at radius 1 is 1.18 bits per heavy atom. The van der Waals surface area contributed by atoms with E-state index in [1.807, 2.05) is 32.0 Å². The molecule has 1 amide bonds. The highest BCUT2D eigenvalue weighted by molar-refractivity contribution is 7.99. The number of nitrogens with one attached hydrogen (secondary N) is 1. The number of aromatic nitrogens is 3. The first-order valence-electron chi connectivity index (χ1n) is 8.49. The molecule has 0 aliphatic heterocycles. The summed E-state index contributed by atoms with van der Waals surface area (Å²) in [7, 11) is 1.79. The van der Waals surface area contributed by atoms with Crippen LogP contribution in [0, 0.1) is 24.0 Å². The van der Waals surface area contributed by atoms with E-state index in [1.165, 1.54) is 23.9 Å². The van der Waals surface area contributed by atoms with E-state index in [9.17, 15) is 14.9 Å². The van der Waals surface area contributed by atoms with Crippen LogP contribution >= 0.6 is 11.8 Å². The van der Waals surface area contributed by atoms with Gasteiger partial charge in [-0.15, -0.1) is 10.2 Å². The lowest BCUT2D eigenvalue weighted by molar-refractivity contribution is -0.384. The van der Waals surface area contributed by atoms with Gasteiger partial charge in [-0.2, -0.15) is 0 Å². The molecule has 8 nitrogen and oxygen atoms in total. The minimum absolute atomic E-state index is 0.0173. The average Bonchev–Trinajstić information content (AvgIpc) is 3.03. The number of nitrogens with zero attached hydrogens (tertiary/aromatic N) is 4. The normalized spacial score (nSPS) is 10.7. The SMILES string of the molecule is Cc1ccc(C)c(NC(=O)CSc2nnc(-c3ccc([N+](=O)[O-])cc3)n2C)c1. The van der Waals surface area contributed by atoms with Gasteiger partial charge in [-0.25, -0.2) is 0 Å². The lowest BCUT2D eigenvalue weighted by Gasteiger charge is -2.09. The predicted molar refractivity (Wildman–Crippen MR) is 108 cm³/mol. The first kappa shape index (κ1) is 19.6. The zero-order chi connectivity index (χ0) is 20.3. The number of amides is 1. The first-order chi connectivity index (χ1) is 13.3. The van der Waals surface area contributed by atoms with Gasteiger partial charge in [-0.1, -0.05) is 23.9 Å². The molecule has 0 radical (unpaired) electrons. The Morgan fingerprint density at radius 3 is 2.57 bits per heavy atom. The molecule has 0 atom stereocenters. The van der Waals surface area contributed by atoms with Crippen molar-refractivity contribution in [3.05, 3.63) is 63.7 Å². The molecular weight excluding hydrogens is 378 g/mol. The van der Waals surface area contributed by atoms with Crippen molar-refractivity contribution in [3.63, 3.8) is 0 Å². The Kier molecular flexibility index (Phi) is 5.74. The van der Waals surface area contributed by atoms with Crippen molar-refractivity contribution in [2.24, 2.45) is 7.05 Å². The van der Waals surface area contributed by atoms with Crippen LogP contribution in [0.25, 0.3) is 11.4 Å². The fourth-order valence-corrected chi connectivity index (χ4v) is 3.32. The summed E-state index contributed by atoms with van der Waals surface area (Å²) in [6.07, 6.45) is 0. The number of thioether (sulfide) groups is 1. The summed E-state index contributed by atoms with van der Waals surface area (Å²) in [4.78, 5) is 22.6. The molecule has 9 heteroatoms. The highest BCUT2D eigenvalue weighted by atomic mass is 32.2. The number of aryl methyl sites for hydroxylation is 2. The Hall–Kier alpha value is -3.20. The fraction of sp³-hybridized carbons (Fsp3) is 0.211. The second-order valence-electron chi connectivity index (χ2n) is 6.32. The van der Waals surface area contributed by atoms with Crippen molar-refractivity contribution in [2.75, 3.05) is 11.1 Å². The summed E-state index contributed by atoms with van der Waals surface area (Å²) in [5, 5.41) is 22.5. The monoisotopic (exact) mass is 397 g/mol. The van der Waals surface area contributed by atoms with Gasteiger partial charge in [0.1, 0.15) is 0 Å². The van der Waals surface area contributed by atoms with Gasteiger partial charge in [0.25, 0.3) is 5.69 Å². The van der Waals surface area contributed by atoms with E-state index in [-0.39, 0.29) is 17.3 Å². The summed E-state index contributed by atoms with van der Waals surface area (Å²) in [6, 6.07) is 12.0. The van der Waals surface area contributed by atoms with Gasteiger partial charge in [0.2, 0.25) is 5.91 Å². The van der Waals surface area contributed by atoms with Gasteiger partial charge in [0.05, 0.1) is 10.7 Å². The van der Waals surface area contributed by atoms with E-state index in [4.69, 9.17) is 0 Å². The van der Waals surface area contributed by atoms with Crippen LogP contribution in [0.2, 0.25) is 0 Å². The van der Waals surface area contributed by atoms with Crippen LogP contribution in [0.3, 0.4) is 0 Å². The molecule has 3 aromatic rings. The van der Waals surface area contributed by atoms with E-state index < -0.39 is 4.92 Å². The van der Waals surface area contributed by atoms with Crippen molar-refractivity contribution in [1.29, 1.82) is 0 Å². The van der Waals surface area contributed by atoms with Crippen LogP contribution in [0.5, 0.6) is 0 Å². The van der Waals surface area contributed by atoms with E-state index in [1.54, 1.807) is 23.7 Å². The smallest absolute Gasteiger partial charge is 0.269 e. The number of hydrogen-bond donors (Lipinski definition) is 1. The third-order valence-corrected chi connectivity index (χ3v) is 5.19. The van der Waals surface area contributed by atoms with Crippen molar-refractivity contribution in [3.8, 4) is 11.4 Å². The molecular formula is C19H19N5O3S. The van der Waals surface area contributed by atoms with Crippen LogP contribution in [0.4, 0.5) is 11.4 Å². The summed E-state index contributed by atoms with van der Waals surface area (Å²) < 4.78 is 1.76. The van der Waals surface area contributed by atoms with Crippen LogP contribution in [0.1, 0.15) is 11.1 Å². The zero-order valence-electron chi connectivity index (χ0n) is 15.7. The summed E-state index contributed by atoms with van der Waals surface area (Å²) in [5.74, 6) is 0.644.